The molecule has 3 heteroatoms. The minimum atomic E-state index is -0.365. The highest BCUT2D eigenvalue weighted by atomic mass is 16.1. The summed E-state index contributed by atoms with van der Waals surface area (Å²) >= 11 is 0. The number of rotatable bonds is 3. The van der Waals surface area contributed by atoms with E-state index in [-0.39, 0.29) is 11.8 Å². The van der Waals surface area contributed by atoms with Gasteiger partial charge in [0.2, 0.25) is 5.91 Å². The normalized spacial score (nSPS) is 14.0. The fourth-order valence-electron chi connectivity index (χ4n) is 0.522. The molecule has 4 N–H and O–H groups in total. The molecular weight excluding hydrogens is 116 g/mol. The van der Waals surface area contributed by atoms with Crippen LogP contribution in [0.4, 0.5) is 0 Å². The van der Waals surface area contributed by atoms with Gasteiger partial charge in [-0.1, -0.05) is 12.2 Å². The summed E-state index contributed by atoms with van der Waals surface area (Å²) < 4.78 is 0. The average molecular weight is 128 g/mol. The monoisotopic (exact) mass is 128 g/mol. The molecule has 1 unspecified atom stereocenters. The van der Waals surface area contributed by atoms with Crippen molar-refractivity contribution in [1.82, 2.24) is 0 Å². The van der Waals surface area contributed by atoms with Gasteiger partial charge in [-0.15, -0.1) is 0 Å². The Morgan fingerprint density at radius 2 is 2.33 bits per heavy atom. The first-order chi connectivity index (χ1) is 4.22. The Morgan fingerprint density at radius 1 is 1.78 bits per heavy atom. The fourth-order valence-corrected chi connectivity index (χ4v) is 0.522. The molecule has 0 fully saturated rings. The molecule has 0 rings (SSSR count). The molecule has 0 heterocycles. The lowest BCUT2D eigenvalue weighted by Crippen LogP contribution is -2.27. The van der Waals surface area contributed by atoms with Crippen molar-refractivity contribution in [2.45, 2.75) is 6.92 Å². The largest absolute Gasteiger partial charge is 0.369 e. The van der Waals surface area contributed by atoms with E-state index in [0.29, 0.717) is 6.54 Å². The quantitative estimate of drug-likeness (QED) is 0.509. The van der Waals surface area contributed by atoms with Crippen molar-refractivity contribution in [3.05, 3.63) is 12.2 Å². The maximum atomic E-state index is 10.4. The summed E-state index contributed by atoms with van der Waals surface area (Å²) in [5.41, 5.74) is 10.2. The molecule has 9 heavy (non-hydrogen) atoms. The maximum Gasteiger partial charge on any atom is 0.225 e. The Hall–Kier alpha value is -0.830. The second-order valence-corrected chi connectivity index (χ2v) is 1.77. The van der Waals surface area contributed by atoms with Crippen LogP contribution in [0.25, 0.3) is 0 Å². The molecule has 3 nitrogen and oxygen atoms in total. The van der Waals surface area contributed by atoms with Crippen LogP contribution >= 0.6 is 0 Å². The molecule has 1 atom stereocenters. The third-order valence-corrected chi connectivity index (χ3v) is 1.04. The molecular formula is C6H12N2O. The molecule has 0 spiro atoms. The van der Waals surface area contributed by atoms with E-state index < -0.39 is 0 Å². The molecule has 52 valence electrons. The number of allylic oxidation sites excluding steroid dienone is 1. The van der Waals surface area contributed by atoms with Gasteiger partial charge in [-0.3, -0.25) is 4.79 Å². The number of amides is 1. The van der Waals surface area contributed by atoms with E-state index >= 15 is 0 Å². The Morgan fingerprint density at radius 3 is 2.44 bits per heavy atom. The molecule has 0 aromatic heterocycles. The highest BCUT2D eigenvalue weighted by Crippen LogP contribution is 1.92. The van der Waals surface area contributed by atoms with E-state index in [1.165, 1.54) is 0 Å². The zero-order valence-corrected chi connectivity index (χ0v) is 5.50. The standard InChI is InChI=1S/C6H12N2O/c1-2-3-5(4-7)6(8)9/h2-3,5H,4,7H2,1H3,(H2,8,9). The SMILES string of the molecule is CC=CC(CN)C(N)=O. The van der Waals surface area contributed by atoms with Crippen LogP contribution in [0.5, 0.6) is 0 Å². The van der Waals surface area contributed by atoms with Gasteiger partial charge in [-0.25, -0.2) is 0 Å². The summed E-state index contributed by atoms with van der Waals surface area (Å²) in [6.45, 7) is 2.12. The summed E-state index contributed by atoms with van der Waals surface area (Å²) in [6, 6.07) is 0. The van der Waals surface area contributed by atoms with Gasteiger partial charge in [0.1, 0.15) is 0 Å². The number of hydrogen-bond donors (Lipinski definition) is 2. The van der Waals surface area contributed by atoms with Crippen LogP contribution in [0.1, 0.15) is 6.92 Å². The summed E-state index contributed by atoms with van der Waals surface area (Å²) in [6.07, 6.45) is 3.46. The van der Waals surface area contributed by atoms with Crippen LogP contribution in [0.15, 0.2) is 12.2 Å². The van der Waals surface area contributed by atoms with Crippen molar-refractivity contribution >= 4 is 5.91 Å². The smallest absolute Gasteiger partial charge is 0.225 e. The molecule has 0 saturated heterocycles. The molecule has 1 amide bonds. The van der Waals surface area contributed by atoms with Gasteiger partial charge in [0.25, 0.3) is 0 Å². The van der Waals surface area contributed by atoms with Crippen LogP contribution < -0.4 is 11.5 Å². The maximum absolute atomic E-state index is 10.4. The summed E-state index contributed by atoms with van der Waals surface area (Å²) in [7, 11) is 0. The summed E-state index contributed by atoms with van der Waals surface area (Å²) in [5.74, 6) is -0.661. The topological polar surface area (TPSA) is 69.1 Å². The minimum Gasteiger partial charge on any atom is -0.369 e. The summed E-state index contributed by atoms with van der Waals surface area (Å²) in [4.78, 5) is 10.4. The molecule has 0 aromatic rings. The van der Waals surface area contributed by atoms with Crippen molar-refractivity contribution in [1.29, 1.82) is 0 Å². The zero-order chi connectivity index (χ0) is 7.28. The van der Waals surface area contributed by atoms with Crippen LogP contribution in [0.2, 0.25) is 0 Å². The van der Waals surface area contributed by atoms with Gasteiger partial charge in [0, 0.05) is 6.54 Å². The molecule has 0 aliphatic rings. The fraction of sp³-hybridized carbons (Fsp3) is 0.500. The van der Waals surface area contributed by atoms with E-state index in [4.69, 9.17) is 11.5 Å². The first-order valence-electron chi connectivity index (χ1n) is 2.84. The first-order valence-corrected chi connectivity index (χ1v) is 2.84. The van der Waals surface area contributed by atoms with Gasteiger partial charge in [-0.05, 0) is 6.92 Å². The molecule has 0 aromatic carbocycles. The average Bonchev–Trinajstić information content (AvgIpc) is 1.82. The Balaban J connectivity index is 3.83. The molecule has 0 bridgehead atoms. The van der Waals surface area contributed by atoms with Crippen molar-refractivity contribution in [3.63, 3.8) is 0 Å². The Kier molecular flexibility index (Phi) is 3.71. The lowest BCUT2D eigenvalue weighted by atomic mass is 10.1. The Bertz CT molecular complexity index is 120. The van der Waals surface area contributed by atoms with E-state index in [1.807, 2.05) is 6.92 Å². The van der Waals surface area contributed by atoms with Crippen LogP contribution in [-0.2, 0) is 4.79 Å². The van der Waals surface area contributed by atoms with Crippen LogP contribution in [-0.4, -0.2) is 12.5 Å². The van der Waals surface area contributed by atoms with Gasteiger partial charge >= 0.3 is 0 Å². The number of nitrogens with two attached hydrogens (primary N) is 2. The predicted molar refractivity (Wildman–Crippen MR) is 36.6 cm³/mol. The zero-order valence-electron chi connectivity index (χ0n) is 5.50. The lowest BCUT2D eigenvalue weighted by molar-refractivity contribution is -0.120. The number of carbonyl (C=O) groups is 1. The van der Waals surface area contributed by atoms with Crippen LogP contribution in [0.3, 0.4) is 0 Å². The van der Waals surface area contributed by atoms with E-state index in [2.05, 4.69) is 0 Å². The third-order valence-electron chi connectivity index (χ3n) is 1.04. The minimum absolute atomic E-state index is 0.291. The molecule has 0 aliphatic heterocycles. The second kappa shape index (κ2) is 4.09. The van der Waals surface area contributed by atoms with Crippen molar-refractivity contribution < 1.29 is 4.79 Å². The van der Waals surface area contributed by atoms with Gasteiger partial charge in [-0.2, -0.15) is 0 Å². The highest BCUT2D eigenvalue weighted by molar-refractivity contribution is 5.78. The van der Waals surface area contributed by atoms with E-state index in [1.54, 1.807) is 12.2 Å². The van der Waals surface area contributed by atoms with Crippen LogP contribution in [0, 0.1) is 5.92 Å². The van der Waals surface area contributed by atoms with Crippen molar-refractivity contribution in [2.24, 2.45) is 17.4 Å². The number of carbonyl (C=O) groups excluding carboxylic acids is 1. The highest BCUT2D eigenvalue weighted by Gasteiger charge is 2.06. The lowest BCUT2D eigenvalue weighted by Gasteiger charge is -2.01. The summed E-state index contributed by atoms with van der Waals surface area (Å²) in [5, 5.41) is 0. The van der Waals surface area contributed by atoms with Crippen molar-refractivity contribution in [3.8, 4) is 0 Å². The third kappa shape index (κ3) is 2.87. The number of primary amides is 1. The molecule has 0 radical (unpaired) electrons. The predicted octanol–water partition coefficient (Wildman–Crippen LogP) is -0.377. The van der Waals surface area contributed by atoms with E-state index in [9.17, 15) is 4.79 Å². The van der Waals surface area contributed by atoms with Gasteiger partial charge in [0.15, 0.2) is 0 Å². The van der Waals surface area contributed by atoms with Gasteiger partial charge in [0.05, 0.1) is 5.92 Å². The van der Waals surface area contributed by atoms with Crippen molar-refractivity contribution in [2.75, 3.05) is 6.54 Å². The molecule has 0 saturated carbocycles. The molecule has 0 aliphatic carbocycles. The Labute approximate surface area is 54.7 Å². The van der Waals surface area contributed by atoms with Gasteiger partial charge < -0.3 is 11.5 Å². The first kappa shape index (κ1) is 8.17. The van der Waals surface area contributed by atoms with E-state index in [0.717, 1.165) is 0 Å². The second-order valence-electron chi connectivity index (χ2n) is 1.77. The number of hydrogen-bond acceptors (Lipinski definition) is 2.